The lowest BCUT2D eigenvalue weighted by atomic mass is 10.2. The molecule has 2 amide bonds. The summed E-state index contributed by atoms with van der Waals surface area (Å²) >= 11 is 0.831. The SMILES string of the molecule is CCOC(=O)C(C)N1C(=O)S/C(=C\c2ccc(N(C)C)cc2)C1=O. The molecule has 0 spiro atoms. The zero-order valence-electron chi connectivity index (χ0n) is 14.1. The Labute approximate surface area is 145 Å². The van der Waals surface area contributed by atoms with Gasteiger partial charge in [-0.25, -0.2) is 4.79 Å². The van der Waals surface area contributed by atoms with Gasteiger partial charge in [-0.2, -0.15) is 0 Å². The van der Waals surface area contributed by atoms with Crippen molar-refractivity contribution >= 4 is 40.6 Å². The molecule has 0 N–H and O–H groups in total. The molecule has 2 rings (SSSR count). The highest BCUT2D eigenvalue weighted by molar-refractivity contribution is 8.18. The second-order valence-corrected chi connectivity index (χ2v) is 6.46. The van der Waals surface area contributed by atoms with Crippen LogP contribution in [0.4, 0.5) is 10.5 Å². The summed E-state index contributed by atoms with van der Waals surface area (Å²) in [5.74, 6) is -1.06. The fraction of sp³-hybridized carbons (Fsp3) is 0.353. The minimum atomic E-state index is -0.931. The number of thioether (sulfide) groups is 1. The maximum Gasteiger partial charge on any atom is 0.329 e. The number of rotatable bonds is 5. The van der Waals surface area contributed by atoms with E-state index in [1.807, 2.05) is 43.3 Å². The van der Waals surface area contributed by atoms with E-state index in [4.69, 9.17) is 4.74 Å². The number of hydrogen-bond donors (Lipinski definition) is 0. The number of benzene rings is 1. The molecule has 1 saturated heterocycles. The second-order valence-electron chi connectivity index (χ2n) is 5.47. The first kappa shape index (κ1) is 18.1. The molecular formula is C17H20N2O4S. The van der Waals surface area contributed by atoms with Crippen LogP contribution in [0.5, 0.6) is 0 Å². The van der Waals surface area contributed by atoms with Crippen LogP contribution in [-0.2, 0) is 14.3 Å². The van der Waals surface area contributed by atoms with Gasteiger partial charge in [-0.3, -0.25) is 14.5 Å². The Morgan fingerprint density at radius 3 is 2.46 bits per heavy atom. The fourth-order valence-corrected chi connectivity index (χ4v) is 3.11. The minimum absolute atomic E-state index is 0.202. The largest absolute Gasteiger partial charge is 0.464 e. The van der Waals surface area contributed by atoms with E-state index in [2.05, 4.69) is 0 Å². The van der Waals surface area contributed by atoms with Gasteiger partial charge in [0.2, 0.25) is 0 Å². The van der Waals surface area contributed by atoms with Gasteiger partial charge in [-0.05, 0) is 49.4 Å². The van der Waals surface area contributed by atoms with Crippen LogP contribution in [0, 0.1) is 0 Å². The van der Waals surface area contributed by atoms with Crippen molar-refractivity contribution in [3.8, 4) is 0 Å². The Morgan fingerprint density at radius 1 is 1.29 bits per heavy atom. The van der Waals surface area contributed by atoms with E-state index < -0.39 is 23.2 Å². The molecule has 0 bridgehead atoms. The van der Waals surface area contributed by atoms with Crippen molar-refractivity contribution in [2.75, 3.05) is 25.6 Å². The molecule has 1 fully saturated rings. The first-order valence-corrected chi connectivity index (χ1v) is 8.38. The Hall–Kier alpha value is -2.28. The average Bonchev–Trinajstić information content (AvgIpc) is 2.81. The van der Waals surface area contributed by atoms with Gasteiger partial charge in [0.05, 0.1) is 11.5 Å². The van der Waals surface area contributed by atoms with Crippen molar-refractivity contribution in [2.45, 2.75) is 19.9 Å². The smallest absolute Gasteiger partial charge is 0.329 e. The molecule has 1 aromatic carbocycles. The lowest BCUT2D eigenvalue weighted by molar-refractivity contribution is -0.150. The van der Waals surface area contributed by atoms with E-state index in [1.165, 1.54) is 6.92 Å². The maximum atomic E-state index is 12.4. The Morgan fingerprint density at radius 2 is 1.92 bits per heavy atom. The molecule has 1 aliphatic heterocycles. The standard InChI is InChI=1S/C17H20N2O4S/c1-5-23-16(21)11(2)19-15(20)14(24-17(19)22)10-12-6-8-13(9-7-12)18(3)4/h6-11H,5H2,1-4H3/b14-10-. The molecule has 0 aliphatic carbocycles. The predicted molar refractivity (Wildman–Crippen MR) is 94.7 cm³/mol. The Kier molecular flexibility index (Phi) is 5.66. The number of esters is 1. The van der Waals surface area contributed by atoms with E-state index in [9.17, 15) is 14.4 Å². The van der Waals surface area contributed by atoms with Crippen molar-refractivity contribution in [1.29, 1.82) is 0 Å². The predicted octanol–water partition coefficient (Wildman–Crippen LogP) is 2.74. The average molecular weight is 348 g/mol. The lowest BCUT2D eigenvalue weighted by Gasteiger charge is -2.19. The highest BCUT2D eigenvalue weighted by Crippen LogP contribution is 2.34. The van der Waals surface area contributed by atoms with E-state index >= 15 is 0 Å². The number of ether oxygens (including phenoxy) is 1. The summed E-state index contributed by atoms with van der Waals surface area (Å²) < 4.78 is 4.88. The number of carbonyl (C=O) groups is 3. The van der Waals surface area contributed by atoms with Crippen molar-refractivity contribution in [3.05, 3.63) is 34.7 Å². The van der Waals surface area contributed by atoms with Crippen molar-refractivity contribution < 1.29 is 19.1 Å². The van der Waals surface area contributed by atoms with Crippen LogP contribution in [0.3, 0.4) is 0 Å². The number of hydrogen-bond acceptors (Lipinski definition) is 6. The van der Waals surface area contributed by atoms with Crippen LogP contribution < -0.4 is 4.90 Å². The van der Waals surface area contributed by atoms with Crippen LogP contribution in [0.25, 0.3) is 6.08 Å². The summed E-state index contributed by atoms with van der Waals surface area (Å²) in [5.41, 5.74) is 1.85. The monoisotopic (exact) mass is 348 g/mol. The summed E-state index contributed by atoms with van der Waals surface area (Å²) in [6.07, 6.45) is 1.65. The van der Waals surface area contributed by atoms with Crippen molar-refractivity contribution in [1.82, 2.24) is 4.90 Å². The summed E-state index contributed by atoms with van der Waals surface area (Å²) in [4.78, 5) is 39.5. The summed E-state index contributed by atoms with van der Waals surface area (Å²) in [7, 11) is 3.88. The first-order chi connectivity index (χ1) is 11.3. The van der Waals surface area contributed by atoms with Crippen LogP contribution in [0.1, 0.15) is 19.4 Å². The summed E-state index contributed by atoms with van der Waals surface area (Å²) in [6, 6.07) is 6.67. The molecule has 6 nitrogen and oxygen atoms in total. The molecule has 128 valence electrons. The third-order valence-corrected chi connectivity index (χ3v) is 4.43. The summed E-state index contributed by atoms with van der Waals surface area (Å²) in [6.45, 7) is 3.37. The highest BCUT2D eigenvalue weighted by atomic mass is 32.2. The van der Waals surface area contributed by atoms with Gasteiger partial charge in [-0.15, -0.1) is 0 Å². The van der Waals surface area contributed by atoms with E-state index in [0.29, 0.717) is 4.91 Å². The van der Waals surface area contributed by atoms with Gasteiger partial charge in [0.25, 0.3) is 11.1 Å². The van der Waals surface area contributed by atoms with Crippen LogP contribution in [0.2, 0.25) is 0 Å². The third kappa shape index (κ3) is 3.79. The van der Waals surface area contributed by atoms with Crippen LogP contribution >= 0.6 is 11.8 Å². The van der Waals surface area contributed by atoms with Gasteiger partial charge in [0.15, 0.2) is 0 Å². The molecule has 1 aliphatic rings. The van der Waals surface area contributed by atoms with Gasteiger partial charge in [0, 0.05) is 19.8 Å². The van der Waals surface area contributed by atoms with Gasteiger partial charge in [0.1, 0.15) is 6.04 Å². The van der Waals surface area contributed by atoms with E-state index in [-0.39, 0.29) is 6.61 Å². The Balaban J connectivity index is 2.19. The quantitative estimate of drug-likeness (QED) is 0.602. The Bertz CT molecular complexity index is 682. The zero-order chi connectivity index (χ0) is 17.9. The molecule has 7 heteroatoms. The minimum Gasteiger partial charge on any atom is -0.464 e. The number of amides is 2. The number of nitrogens with zero attached hydrogens (tertiary/aromatic N) is 2. The van der Waals surface area contributed by atoms with Gasteiger partial charge >= 0.3 is 5.97 Å². The molecular weight excluding hydrogens is 328 g/mol. The van der Waals surface area contributed by atoms with Crippen LogP contribution in [-0.4, -0.2) is 48.8 Å². The van der Waals surface area contributed by atoms with Crippen molar-refractivity contribution in [2.24, 2.45) is 0 Å². The molecule has 0 aromatic heterocycles. The second kappa shape index (κ2) is 7.53. The number of carbonyl (C=O) groups excluding carboxylic acids is 3. The van der Waals surface area contributed by atoms with Crippen LogP contribution in [0.15, 0.2) is 29.2 Å². The zero-order valence-corrected chi connectivity index (χ0v) is 14.9. The number of anilines is 1. The van der Waals surface area contributed by atoms with Gasteiger partial charge in [-0.1, -0.05) is 12.1 Å². The molecule has 1 atom stereocenters. The molecule has 1 unspecified atom stereocenters. The van der Waals surface area contributed by atoms with E-state index in [1.54, 1.807) is 13.0 Å². The lowest BCUT2D eigenvalue weighted by Crippen LogP contribution is -2.42. The van der Waals surface area contributed by atoms with E-state index in [0.717, 1.165) is 27.9 Å². The molecule has 24 heavy (non-hydrogen) atoms. The molecule has 1 heterocycles. The van der Waals surface area contributed by atoms with Crippen molar-refractivity contribution in [3.63, 3.8) is 0 Å². The topological polar surface area (TPSA) is 66.9 Å². The molecule has 1 aromatic rings. The third-order valence-electron chi connectivity index (χ3n) is 3.55. The molecule has 0 radical (unpaired) electrons. The normalized spacial score (nSPS) is 17.3. The first-order valence-electron chi connectivity index (χ1n) is 7.56. The number of imide groups is 1. The maximum absolute atomic E-state index is 12.4. The highest BCUT2D eigenvalue weighted by Gasteiger charge is 2.41. The molecule has 0 saturated carbocycles. The fourth-order valence-electron chi connectivity index (χ4n) is 2.20. The summed E-state index contributed by atoms with van der Waals surface area (Å²) in [5, 5.41) is -0.461. The van der Waals surface area contributed by atoms with Gasteiger partial charge < -0.3 is 9.64 Å².